The number of amides is 2. The highest BCUT2D eigenvalue weighted by atomic mass is 19.3. The monoisotopic (exact) mass is 344 g/mol. The molecule has 0 saturated heterocycles. The van der Waals surface area contributed by atoms with E-state index in [-0.39, 0.29) is 13.1 Å². The Hall–Kier alpha value is -2.96. The Labute approximate surface area is 143 Å². The van der Waals surface area contributed by atoms with Crippen molar-refractivity contribution in [1.82, 2.24) is 19.6 Å². The molecule has 0 radical (unpaired) electrons. The zero-order valence-corrected chi connectivity index (χ0v) is 13.5. The molecular formula is C18H18F2N4O. The number of rotatable bonds is 6. The van der Waals surface area contributed by atoms with Crippen LogP contribution in [0.2, 0.25) is 0 Å². The average Bonchev–Trinajstić information content (AvgIpc) is 3.07. The van der Waals surface area contributed by atoms with Gasteiger partial charge in [-0.25, -0.2) is 18.6 Å². The molecule has 3 rings (SSSR count). The lowest BCUT2D eigenvalue weighted by Gasteiger charge is -2.23. The smallest absolute Gasteiger partial charge is 0.318 e. The molecule has 7 heteroatoms. The summed E-state index contributed by atoms with van der Waals surface area (Å²) < 4.78 is 27.5. The first-order valence-corrected chi connectivity index (χ1v) is 7.88. The standard InChI is InChI=1S/C18H18F2N4O/c19-16(20)13-24(12-14-4-2-1-3-5-14)18(25)22-11-15-6-8-23-9-7-21-17(23)10-15/h1-10,16H,11-13H2,(H,22,25). The van der Waals surface area contributed by atoms with Gasteiger partial charge < -0.3 is 14.6 Å². The highest BCUT2D eigenvalue weighted by Crippen LogP contribution is 2.09. The Morgan fingerprint density at radius 1 is 1.16 bits per heavy atom. The van der Waals surface area contributed by atoms with E-state index >= 15 is 0 Å². The molecule has 3 aromatic rings. The predicted octanol–water partition coefficient (Wildman–Crippen LogP) is 3.31. The maximum absolute atomic E-state index is 12.8. The summed E-state index contributed by atoms with van der Waals surface area (Å²) in [4.78, 5) is 17.6. The number of urea groups is 1. The highest BCUT2D eigenvalue weighted by molar-refractivity contribution is 5.74. The first-order valence-electron chi connectivity index (χ1n) is 7.88. The van der Waals surface area contributed by atoms with E-state index in [4.69, 9.17) is 0 Å². The second-order valence-electron chi connectivity index (χ2n) is 5.64. The van der Waals surface area contributed by atoms with Crippen molar-refractivity contribution in [3.05, 3.63) is 72.2 Å². The van der Waals surface area contributed by atoms with E-state index in [2.05, 4.69) is 10.3 Å². The summed E-state index contributed by atoms with van der Waals surface area (Å²) in [7, 11) is 0. The van der Waals surface area contributed by atoms with Crippen molar-refractivity contribution in [3.8, 4) is 0 Å². The Kier molecular flexibility index (Phi) is 5.23. The van der Waals surface area contributed by atoms with Gasteiger partial charge in [-0.3, -0.25) is 0 Å². The van der Waals surface area contributed by atoms with Crippen LogP contribution in [0, 0.1) is 0 Å². The number of carbonyl (C=O) groups excluding carboxylic acids is 1. The summed E-state index contributed by atoms with van der Waals surface area (Å²) in [5.41, 5.74) is 2.42. The Bertz CT molecular complexity index is 835. The van der Waals surface area contributed by atoms with Crippen LogP contribution in [-0.2, 0) is 13.1 Å². The molecule has 0 aliphatic carbocycles. The van der Waals surface area contributed by atoms with Crippen LogP contribution in [0.3, 0.4) is 0 Å². The maximum Gasteiger partial charge on any atom is 0.318 e. The molecule has 0 saturated carbocycles. The molecule has 1 aromatic carbocycles. The fraction of sp³-hybridized carbons (Fsp3) is 0.222. The van der Waals surface area contributed by atoms with Crippen molar-refractivity contribution in [2.45, 2.75) is 19.5 Å². The van der Waals surface area contributed by atoms with Crippen molar-refractivity contribution >= 4 is 11.7 Å². The minimum atomic E-state index is -2.59. The van der Waals surface area contributed by atoms with Crippen LogP contribution in [0.4, 0.5) is 13.6 Å². The number of halogens is 2. The normalized spacial score (nSPS) is 11.0. The van der Waals surface area contributed by atoms with Crippen LogP contribution in [0.1, 0.15) is 11.1 Å². The molecule has 2 heterocycles. The Morgan fingerprint density at radius 2 is 1.96 bits per heavy atom. The molecule has 5 nitrogen and oxygen atoms in total. The quantitative estimate of drug-likeness (QED) is 0.746. The number of hydrogen-bond acceptors (Lipinski definition) is 2. The van der Waals surface area contributed by atoms with Gasteiger partial charge >= 0.3 is 6.03 Å². The van der Waals surface area contributed by atoms with Gasteiger partial charge in [-0.05, 0) is 23.3 Å². The van der Waals surface area contributed by atoms with Crippen molar-refractivity contribution in [2.24, 2.45) is 0 Å². The second kappa shape index (κ2) is 7.74. The van der Waals surface area contributed by atoms with E-state index < -0.39 is 19.0 Å². The lowest BCUT2D eigenvalue weighted by Crippen LogP contribution is -2.41. The molecule has 2 aromatic heterocycles. The van der Waals surface area contributed by atoms with Gasteiger partial charge in [0.2, 0.25) is 0 Å². The van der Waals surface area contributed by atoms with Crippen LogP contribution in [0.5, 0.6) is 0 Å². The third-order valence-corrected chi connectivity index (χ3v) is 3.77. The number of nitrogens with zero attached hydrogens (tertiary/aromatic N) is 3. The topological polar surface area (TPSA) is 49.6 Å². The molecular weight excluding hydrogens is 326 g/mol. The van der Waals surface area contributed by atoms with E-state index in [0.717, 1.165) is 21.7 Å². The van der Waals surface area contributed by atoms with E-state index in [1.165, 1.54) is 0 Å². The minimum absolute atomic E-state index is 0.135. The highest BCUT2D eigenvalue weighted by Gasteiger charge is 2.18. The first-order chi connectivity index (χ1) is 12.1. The third kappa shape index (κ3) is 4.53. The summed E-state index contributed by atoms with van der Waals surface area (Å²) in [5.74, 6) is 0. The van der Waals surface area contributed by atoms with Crippen molar-refractivity contribution < 1.29 is 13.6 Å². The molecule has 2 amide bonds. The molecule has 0 aliphatic heterocycles. The van der Waals surface area contributed by atoms with Crippen LogP contribution in [-0.4, -0.2) is 33.3 Å². The van der Waals surface area contributed by atoms with Gasteiger partial charge in [0, 0.05) is 31.7 Å². The molecule has 130 valence electrons. The molecule has 0 atom stereocenters. The van der Waals surface area contributed by atoms with Gasteiger partial charge in [0.15, 0.2) is 0 Å². The van der Waals surface area contributed by atoms with Crippen LogP contribution in [0.15, 0.2) is 61.1 Å². The van der Waals surface area contributed by atoms with Crippen molar-refractivity contribution in [2.75, 3.05) is 6.54 Å². The lowest BCUT2D eigenvalue weighted by molar-refractivity contribution is 0.0956. The number of benzene rings is 1. The first kappa shape index (κ1) is 16.9. The predicted molar refractivity (Wildman–Crippen MR) is 90.3 cm³/mol. The summed E-state index contributed by atoms with van der Waals surface area (Å²) >= 11 is 0. The zero-order chi connectivity index (χ0) is 17.6. The van der Waals surface area contributed by atoms with Gasteiger partial charge in [-0.15, -0.1) is 0 Å². The Morgan fingerprint density at radius 3 is 2.72 bits per heavy atom. The lowest BCUT2D eigenvalue weighted by atomic mass is 10.2. The van der Waals surface area contributed by atoms with Gasteiger partial charge in [-0.1, -0.05) is 30.3 Å². The Balaban J connectivity index is 1.64. The van der Waals surface area contributed by atoms with E-state index in [1.54, 1.807) is 18.3 Å². The molecule has 25 heavy (non-hydrogen) atoms. The second-order valence-corrected chi connectivity index (χ2v) is 5.64. The molecule has 0 unspecified atom stereocenters. The summed E-state index contributed by atoms with van der Waals surface area (Å²) in [5, 5.41) is 2.70. The summed E-state index contributed by atoms with van der Waals surface area (Å²) in [6.07, 6.45) is 2.75. The van der Waals surface area contributed by atoms with E-state index in [9.17, 15) is 13.6 Å². The number of alkyl halides is 2. The van der Waals surface area contributed by atoms with Crippen LogP contribution >= 0.6 is 0 Å². The number of pyridine rings is 1. The maximum atomic E-state index is 12.8. The third-order valence-electron chi connectivity index (χ3n) is 3.77. The largest absolute Gasteiger partial charge is 0.334 e. The number of aromatic nitrogens is 2. The SMILES string of the molecule is O=C(NCc1ccn2ccnc2c1)N(Cc1ccccc1)CC(F)F. The summed E-state index contributed by atoms with van der Waals surface area (Å²) in [6, 6.07) is 12.2. The fourth-order valence-electron chi connectivity index (χ4n) is 2.54. The minimum Gasteiger partial charge on any atom is -0.334 e. The summed E-state index contributed by atoms with van der Waals surface area (Å²) in [6.45, 7) is -0.229. The average molecular weight is 344 g/mol. The van der Waals surface area contributed by atoms with Gasteiger partial charge in [0.05, 0.1) is 6.54 Å². The molecule has 0 fully saturated rings. The van der Waals surface area contributed by atoms with E-state index in [1.807, 2.05) is 47.1 Å². The molecule has 0 aliphatic rings. The number of nitrogens with one attached hydrogen (secondary N) is 1. The van der Waals surface area contributed by atoms with Gasteiger partial charge in [0.25, 0.3) is 6.43 Å². The fourth-order valence-corrected chi connectivity index (χ4v) is 2.54. The number of carbonyl (C=O) groups is 1. The number of hydrogen-bond donors (Lipinski definition) is 1. The van der Waals surface area contributed by atoms with Crippen molar-refractivity contribution in [3.63, 3.8) is 0 Å². The van der Waals surface area contributed by atoms with Crippen molar-refractivity contribution in [1.29, 1.82) is 0 Å². The van der Waals surface area contributed by atoms with Crippen LogP contribution in [0.25, 0.3) is 5.65 Å². The number of fused-ring (bicyclic) bond motifs is 1. The number of imidazole rings is 1. The molecule has 1 N–H and O–H groups in total. The van der Waals surface area contributed by atoms with Gasteiger partial charge in [0.1, 0.15) is 5.65 Å². The van der Waals surface area contributed by atoms with E-state index in [0.29, 0.717) is 0 Å². The van der Waals surface area contributed by atoms with Crippen LogP contribution < -0.4 is 5.32 Å². The molecule has 0 bridgehead atoms. The zero-order valence-electron chi connectivity index (χ0n) is 13.5. The molecule has 0 spiro atoms. The van der Waals surface area contributed by atoms with Gasteiger partial charge in [-0.2, -0.15) is 0 Å².